The first-order chi connectivity index (χ1) is 18.3. The molecule has 0 aliphatic carbocycles. The molecule has 0 rings (SSSR count). The molecule has 0 amide bonds. The number of unbranched alkanes of at least 4 members (excludes halogenated alkanes) is 12. The molecule has 8 heteroatoms. The van der Waals surface area contributed by atoms with Crippen molar-refractivity contribution in [3.8, 4) is 0 Å². The van der Waals surface area contributed by atoms with Crippen LogP contribution in [-0.2, 0) is 7.43 Å². The summed E-state index contributed by atoms with van der Waals surface area (Å²) in [6.45, 7) is 13.9. The van der Waals surface area contributed by atoms with Crippen LogP contribution in [0.4, 0.5) is 0 Å². The molecule has 0 aromatic heterocycles. The van der Waals surface area contributed by atoms with Crippen LogP contribution in [0.15, 0.2) is 0 Å². The number of hydrogen-bond acceptors (Lipinski definition) is 2. The van der Waals surface area contributed by atoms with E-state index in [1.807, 2.05) is 0 Å². The fourth-order valence-electron chi connectivity index (χ4n) is 4.50. The van der Waals surface area contributed by atoms with Gasteiger partial charge in [-0.15, -0.1) is 0 Å². The number of phosphoric acid groups is 1. The van der Waals surface area contributed by atoms with E-state index in [1.54, 1.807) is 36.3 Å². The Hall–Kier alpha value is 1.34. The third kappa shape index (κ3) is 41.8. The van der Waals surface area contributed by atoms with Crippen molar-refractivity contribution in [3.63, 3.8) is 0 Å². The van der Waals surface area contributed by atoms with Crippen LogP contribution in [0.5, 0.6) is 0 Å². The Kier molecular flexibility index (Phi) is 41.9. The third-order valence-corrected chi connectivity index (χ3v) is 15.9. The predicted molar refractivity (Wildman–Crippen MR) is 178 cm³/mol. The van der Waals surface area contributed by atoms with Gasteiger partial charge < -0.3 is 0 Å². The molecule has 0 atom stereocenters. The molecule has 0 spiro atoms. The first-order valence-electron chi connectivity index (χ1n) is 16.4. The van der Waals surface area contributed by atoms with E-state index in [0.717, 1.165) is 0 Å². The van der Waals surface area contributed by atoms with E-state index in [4.69, 9.17) is 9.79 Å². The molecule has 4 nitrogen and oxygen atoms in total. The third-order valence-electron chi connectivity index (χ3n) is 6.94. The molecule has 0 aromatic carbocycles. The average Bonchev–Trinajstić information content (AvgIpc) is 2.89. The zero-order valence-electron chi connectivity index (χ0n) is 26.7. The summed E-state index contributed by atoms with van der Waals surface area (Å²) in [4.78, 5) is 15.5. The van der Waals surface area contributed by atoms with Gasteiger partial charge in [-0.2, -0.15) is 0 Å². The maximum atomic E-state index is 9.50. The molecule has 0 heterocycles. The van der Waals surface area contributed by atoms with Gasteiger partial charge in [-0.1, -0.05) is 193 Å². The Morgan fingerprint density at radius 3 is 0.737 bits per heavy atom. The maximum absolute atomic E-state index is 9.50. The number of hydrogen-bond donors (Lipinski definition) is 2. The SMILES string of the molecule is CCCCC[Si](CCCCC)CCCCC.CCCCC[Si](CCCCC)CCCCC.O=P(O)(O)[O][SnH]. The average molecular weight is 700 g/mol. The van der Waals surface area contributed by atoms with E-state index >= 15 is 0 Å². The molecule has 0 saturated heterocycles. The van der Waals surface area contributed by atoms with Gasteiger partial charge in [0.15, 0.2) is 0 Å². The van der Waals surface area contributed by atoms with Gasteiger partial charge in [0, 0.05) is 17.6 Å². The Balaban J connectivity index is -0.000000532. The van der Waals surface area contributed by atoms with Crippen molar-refractivity contribution < 1.29 is 17.2 Å². The van der Waals surface area contributed by atoms with Gasteiger partial charge in [-0.05, 0) is 0 Å². The second-order valence-corrected chi connectivity index (χ2v) is 19.8. The van der Waals surface area contributed by atoms with Crippen molar-refractivity contribution in [2.24, 2.45) is 0 Å². The molecule has 0 aliphatic heterocycles. The van der Waals surface area contributed by atoms with Crippen LogP contribution in [0.1, 0.15) is 157 Å². The summed E-state index contributed by atoms with van der Waals surface area (Å²) in [5.74, 6) is 0. The van der Waals surface area contributed by atoms with Crippen LogP contribution in [0.3, 0.4) is 0 Å². The molecule has 38 heavy (non-hydrogen) atoms. The second-order valence-electron chi connectivity index (χ2n) is 10.8. The summed E-state index contributed by atoms with van der Waals surface area (Å²) in [5, 5.41) is 0. The molecule has 230 valence electrons. The van der Waals surface area contributed by atoms with Crippen LogP contribution in [-0.4, -0.2) is 50.3 Å². The molecule has 0 aromatic rings. The summed E-state index contributed by atoms with van der Waals surface area (Å²) >= 11 is 0.140. The Morgan fingerprint density at radius 1 is 0.474 bits per heavy atom. The second kappa shape index (κ2) is 36.4. The van der Waals surface area contributed by atoms with Crippen molar-refractivity contribution in [1.29, 1.82) is 0 Å². The first-order valence-corrected chi connectivity index (χ1v) is 23.5. The quantitative estimate of drug-likeness (QED) is 0.0566. The normalized spacial score (nSPS) is 11.3. The van der Waals surface area contributed by atoms with Crippen LogP contribution < -0.4 is 0 Å². The Bertz CT molecular complexity index is 392. The van der Waals surface area contributed by atoms with Gasteiger partial charge >= 0.3 is 48.0 Å². The summed E-state index contributed by atoms with van der Waals surface area (Å²) in [6, 6.07) is 9.62. The topological polar surface area (TPSA) is 66.8 Å². The molecule has 2 N–H and O–H groups in total. The van der Waals surface area contributed by atoms with E-state index in [1.165, 1.54) is 116 Å². The fraction of sp³-hybridized carbons (Fsp3) is 1.00. The van der Waals surface area contributed by atoms with E-state index in [0.29, 0.717) is 0 Å². The molecule has 4 radical (unpaired) electrons. The number of rotatable bonds is 25. The van der Waals surface area contributed by atoms with Crippen molar-refractivity contribution in [2.75, 3.05) is 0 Å². The molecule has 0 unspecified atom stereocenters. The summed E-state index contributed by atoms with van der Waals surface area (Å²) in [5.41, 5.74) is 0. The van der Waals surface area contributed by atoms with Gasteiger partial charge in [0.1, 0.15) is 0 Å². The van der Waals surface area contributed by atoms with E-state index in [2.05, 4.69) is 44.4 Å². The monoisotopic (exact) mass is 700 g/mol. The molecule has 0 saturated carbocycles. The molecule has 0 fully saturated rings. The summed E-state index contributed by atoms with van der Waals surface area (Å²) < 4.78 is 13.2. The zero-order chi connectivity index (χ0) is 29.3. The van der Waals surface area contributed by atoms with Gasteiger partial charge in [-0.25, -0.2) is 0 Å². The first kappa shape index (κ1) is 43.8. The Labute approximate surface area is 257 Å². The van der Waals surface area contributed by atoms with Gasteiger partial charge in [-0.3, -0.25) is 0 Å². The predicted octanol–water partition coefficient (Wildman–Crippen LogP) is 11.0. The van der Waals surface area contributed by atoms with Crippen LogP contribution in [0, 0.1) is 0 Å². The van der Waals surface area contributed by atoms with Crippen LogP contribution >= 0.6 is 7.82 Å². The van der Waals surface area contributed by atoms with Crippen molar-refractivity contribution in [3.05, 3.63) is 0 Å². The van der Waals surface area contributed by atoms with Gasteiger partial charge in [0.2, 0.25) is 0 Å². The zero-order valence-corrected chi connectivity index (χ0v) is 32.9. The minimum absolute atomic E-state index is 0.0380. The molecule has 0 bridgehead atoms. The summed E-state index contributed by atoms with van der Waals surface area (Å²) in [6.07, 6.45) is 26.2. The van der Waals surface area contributed by atoms with Crippen molar-refractivity contribution in [2.45, 2.75) is 193 Å². The molecular formula is C30H69O4PSi2Sn. The molecular weight excluding hydrogens is 630 g/mol. The van der Waals surface area contributed by atoms with E-state index in [-0.39, 0.29) is 40.5 Å². The van der Waals surface area contributed by atoms with E-state index in [9.17, 15) is 4.57 Å². The standard InChI is InChI=1S/2C15H33Si.H3O4P.Sn.H/c2*1-4-7-10-13-16(14-11-8-5-2)15-12-9-6-3;1-5(2,3)4;;/h2*4-15H2,1-3H3;(H3,1,2,3,4);;/q;;;+1;/p-1. The van der Waals surface area contributed by atoms with Crippen molar-refractivity contribution in [1.82, 2.24) is 0 Å². The van der Waals surface area contributed by atoms with E-state index < -0.39 is 7.82 Å². The fourth-order valence-corrected chi connectivity index (χ4v) is 10.5. The summed E-state index contributed by atoms with van der Waals surface area (Å²) in [7, 11) is -4.01. The Morgan fingerprint density at radius 2 is 0.632 bits per heavy atom. The van der Waals surface area contributed by atoms with Gasteiger partial charge in [0.25, 0.3) is 0 Å². The van der Waals surface area contributed by atoms with Crippen LogP contribution in [0.25, 0.3) is 0 Å². The van der Waals surface area contributed by atoms with Gasteiger partial charge in [0.05, 0.1) is 0 Å². The minimum atomic E-state index is -4.09. The molecule has 0 aliphatic rings. The van der Waals surface area contributed by atoms with Crippen LogP contribution in [0.2, 0.25) is 36.3 Å². The van der Waals surface area contributed by atoms with Crippen molar-refractivity contribution >= 4 is 48.4 Å².